The molecule has 6 nitrogen and oxygen atoms in total. The summed E-state index contributed by atoms with van der Waals surface area (Å²) < 4.78 is 14.2. The number of aromatic nitrogens is 2. The molecule has 1 saturated carbocycles. The van der Waals surface area contributed by atoms with Crippen molar-refractivity contribution in [3.63, 3.8) is 0 Å². The van der Waals surface area contributed by atoms with Gasteiger partial charge in [0.1, 0.15) is 24.2 Å². The summed E-state index contributed by atoms with van der Waals surface area (Å²) in [5.41, 5.74) is 3.03. The zero-order valence-corrected chi connectivity index (χ0v) is 21.4. The summed E-state index contributed by atoms with van der Waals surface area (Å²) in [6.07, 6.45) is 2.66. The van der Waals surface area contributed by atoms with Crippen molar-refractivity contribution in [2.45, 2.75) is 38.8 Å². The van der Waals surface area contributed by atoms with Gasteiger partial charge in [-0.25, -0.2) is 4.68 Å². The number of nitrogens with zero attached hydrogens (tertiary/aromatic N) is 3. The Morgan fingerprint density at radius 3 is 2.16 bits per heavy atom. The number of aryl methyl sites for hydroxylation is 1. The molecule has 1 aliphatic rings. The SMILES string of the molecule is CCc1nn(-c2ccccc2)c(Oc2ccccc2)c1CN(CC1CC1)C[C@H](O)COc1ccccc1. The molecule has 3 aromatic carbocycles. The van der Waals surface area contributed by atoms with Crippen LogP contribution in [0.3, 0.4) is 0 Å². The van der Waals surface area contributed by atoms with Gasteiger partial charge in [-0.1, -0.05) is 61.5 Å². The molecule has 1 fully saturated rings. The Labute approximate surface area is 219 Å². The molecule has 1 aromatic heterocycles. The van der Waals surface area contributed by atoms with Gasteiger partial charge in [-0.05, 0) is 61.6 Å². The lowest BCUT2D eigenvalue weighted by Crippen LogP contribution is -2.36. The number of rotatable bonds is 13. The molecule has 5 rings (SSSR count). The van der Waals surface area contributed by atoms with E-state index in [9.17, 15) is 5.11 Å². The summed E-state index contributed by atoms with van der Waals surface area (Å²) in [5.74, 6) is 2.94. The van der Waals surface area contributed by atoms with E-state index in [0.29, 0.717) is 19.0 Å². The van der Waals surface area contributed by atoms with Crippen LogP contribution in [0.5, 0.6) is 17.4 Å². The van der Waals surface area contributed by atoms with E-state index in [1.807, 2.05) is 95.7 Å². The quantitative estimate of drug-likeness (QED) is 0.250. The van der Waals surface area contributed by atoms with Crippen LogP contribution in [0.2, 0.25) is 0 Å². The van der Waals surface area contributed by atoms with E-state index in [4.69, 9.17) is 14.6 Å². The molecule has 37 heavy (non-hydrogen) atoms. The lowest BCUT2D eigenvalue weighted by Gasteiger charge is -2.25. The third-order valence-corrected chi connectivity index (χ3v) is 6.56. The minimum absolute atomic E-state index is 0.252. The first-order valence-electron chi connectivity index (χ1n) is 13.2. The molecule has 0 radical (unpaired) electrons. The van der Waals surface area contributed by atoms with Gasteiger partial charge >= 0.3 is 0 Å². The van der Waals surface area contributed by atoms with Crippen LogP contribution < -0.4 is 9.47 Å². The van der Waals surface area contributed by atoms with Crippen molar-refractivity contribution in [3.05, 3.63) is 102 Å². The molecule has 1 N–H and O–H groups in total. The van der Waals surface area contributed by atoms with E-state index in [-0.39, 0.29) is 6.61 Å². The Morgan fingerprint density at radius 1 is 0.919 bits per heavy atom. The van der Waals surface area contributed by atoms with Gasteiger partial charge < -0.3 is 14.6 Å². The summed E-state index contributed by atoms with van der Waals surface area (Å²) in [5, 5.41) is 15.9. The largest absolute Gasteiger partial charge is 0.491 e. The average Bonchev–Trinajstić information content (AvgIpc) is 3.70. The lowest BCUT2D eigenvalue weighted by atomic mass is 10.1. The van der Waals surface area contributed by atoms with E-state index in [1.54, 1.807) is 0 Å². The molecule has 1 atom stereocenters. The van der Waals surface area contributed by atoms with Gasteiger partial charge in [0.05, 0.1) is 16.9 Å². The second kappa shape index (κ2) is 12.1. The smallest absolute Gasteiger partial charge is 0.227 e. The van der Waals surface area contributed by atoms with E-state index < -0.39 is 6.10 Å². The second-order valence-corrected chi connectivity index (χ2v) is 9.66. The van der Waals surface area contributed by atoms with Crippen LogP contribution in [0.1, 0.15) is 31.0 Å². The van der Waals surface area contributed by atoms with E-state index in [0.717, 1.165) is 47.3 Å². The van der Waals surface area contributed by atoms with Crippen LogP contribution >= 0.6 is 0 Å². The summed E-state index contributed by atoms with van der Waals surface area (Å²) in [7, 11) is 0. The van der Waals surface area contributed by atoms with Crippen molar-refractivity contribution in [2.75, 3.05) is 19.7 Å². The number of hydrogen-bond donors (Lipinski definition) is 1. The molecule has 192 valence electrons. The van der Waals surface area contributed by atoms with Gasteiger partial charge in [0.15, 0.2) is 0 Å². The minimum Gasteiger partial charge on any atom is -0.491 e. The monoisotopic (exact) mass is 497 g/mol. The molecule has 1 heterocycles. The minimum atomic E-state index is -0.605. The summed E-state index contributed by atoms with van der Waals surface area (Å²) in [6.45, 7) is 4.49. The van der Waals surface area contributed by atoms with Gasteiger partial charge in [0.25, 0.3) is 0 Å². The molecule has 0 amide bonds. The predicted molar refractivity (Wildman–Crippen MR) is 145 cm³/mol. The number of para-hydroxylation sites is 3. The Kier molecular flexibility index (Phi) is 8.18. The molecule has 4 aromatic rings. The van der Waals surface area contributed by atoms with Crippen molar-refractivity contribution in [1.82, 2.24) is 14.7 Å². The number of aliphatic hydroxyl groups excluding tert-OH is 1. The van der Waals surface area contributed by atoms with E-state index in [2.05, 4.69) is 11.8 Å². The highest BCUT2D eigenvalue weighted by molar-refractivity contribution is 5.43. The normalized spacial score (nSPS) is 14.0. The van der Waals surface area contributed by atoms with Gasteiger partial charge in [-0.3, -0.25) is 4.90 Å². The van der Waals surface area contributed by atoms with E-state index in [1.165, 1.54) is 12.8 Å². The highest BCUT2D eigenvalue weighted by Gasteiger charge is 2.28. The fraction of sp³-hybridized carbons (Fsp3) is 0.323. The predicted octanol–water partition coefficient (Wildman–Crippen LogP) is 5.88. The molecule has 0 saturated heterocycles. The summed E-state index contributed by atoms with van der Waals surface area (Å²) in [6, 6.07) is 29.6. The third-order valence-electron chi connectivity index (χ3n) is 6.56. The fourth-order valence-electron chi connectivity index (χ4n) is 4.52. The molecule has 0 unspecified atom stereocenters. The van der Waals surface area contributed by atoms with Crippen LogP contribution in [0.15, 0.2) is 91.0 Å². The third kappa shape index (κ3) is 6.79. The van der Waals surface area contributed by atoms with Crippen molar-refractivity contribution in [1.29, 1.82) is 0 Å². The van der Waals surface area contributed by atoms with Crippen LogP contribution in [-0.4, -0.2) is 45.6 Å². The second-order valence-electron chi connectivity index (χ2n) is 9.66. The van der Waals surface area contributed by atoms with Crippen LogP contribution in [0, 0.1) is 5.92 Å². The Hall–Kier alpha value is -3.61. The number of ether oxygens (including phenoxy) is 2. The average molecular weight is 498 g/mol. The zero-order chi connectivity index (χ0) is 25.5. The molecule has 0 bridgehead atoms. The van der Waals surface area contributed by atoms with Gasteiger partial charge in [0, 0.05) is 19.6 Å². The summed E-state index contributed by atoms with van der Waals surface area (Å²) in [4.78, 5) is 2.33. The van der Waals surface area contributed by atoms with Gasteiger partial charge in [0.2, 0.25) is 5.88 Å². The highest BCUT2D eigenvalue weighted by Crippen LogP contribution is 2.34. The van der Waals surface area contributed by atoms with Crippen molar-refractivity contribution in [2.24, 2.45) is 5.92 Å². The maximum atomic E-state index is 10.9. The van der Waals surface area contributed by atoms with E-state index >= 15 is 0 Å². The number of aliphatic hydroxyl groups is 1. The van der Waals surface area contributed by atoms with Crippen molar-refractivity contribution >= 4 is 0 Å². The highest BCUT2D eigenvalue weighted by atomic mass is 16.5. The van der Waals surface area contributed by atoms with Crippen LogP contribution in [-0.2, 0) is 13.0 Å². The molecule has 0 aliphatic heterocycles. The van der Waals surface area contributed by atoms with Gasteiger partial charge in [-0.2, -0.15) is 5.10 Å². The maximum Gasteiger partial charge on any atom is 0.227 e. The first kappa shape index (κ1) is 25.1. The number of hydrogen-bond acceptors (Lipinski definition) is 5. The summed E-state index contributed by atoms with van der Waals surface area (Å²) >= 11 is 0. The number of benzene rings is 3. The standard InChI is InChI=1S/C31H35N3O3/c1-2-30-29(22-33(20-24-18-19-24)21-26(35)23-36-27-14-8-4-9-15-27)31(37-28-16-10-5-11-17-28)34(32-30)25-12-6-3-7-13-25/h3-17,24,26,35H,2,18-23H2,1H3/t26-/m0/s1. The first-order chi connectivity index (χ1) is 18.2. The molecule has 1 aliphatic carbocycles. The maximum absolute atomic E-state index is 10.9. The first-order valence-corrected chi connectivity index (χ1v) is 13.2. The fourth-order valence-corrected chi connectivity index (χ4v) is 4.52. The van der Waals surface area contributed by atoms with Crippen LogP contribution in [0.4, 0.5) is 0 Å². The van der Waals surface area contributed by atoms with Crippen molar-refractivity contribution < 1.29 is 14.6 Å². The lowest BCUT2D eigenvalue weighted by molar-refractivity contribution is 0.0636. The zero-order valence-electron chi connectivity index (χ0n) is 21.4. The molecular weight excluding hydrogens is 462 g/mol. The van der Waals surface area contributed by atoms with Crippen molar-refractivity contribution in [3.8, 4) is 23.1 Å². The van der Waals surface area contributed by atoms with Crippen LogP contribution in [0.25, 0.3) is 5.69 Å². The van der Waals surface area contributed by atoms with Gasteiger partial charge in [-0.15, -0.1) is 0 Å². The topological polar surface area (TPSA) is 59.8 Å². The Balaban J connectivity index is 1.40. The molecular formula is C31H35N3O3. The Morgan fingerprint density at radius 2 is 1.54 bits per heavy atom. The molecule has 0 spiro atoms. The Bertz CT molecular complexity index is 1240. The molecule has 6 heteroatoms.